The number of methoxy groups -OCH3 is 1. The first-order valence-electron chi connectivity index (χ1n) is 7.86. The Bertz CT molecular complexity index is 618. The van der Waals surface area contributed by atoms with Gasteiger partial charge in [-0.1, -0.05) is 61.8 Å². The summed E-state index contributed by atoms with van der Waals surface area (Å²) in [5.41, 5.74) is 2.28. The molecule has 0 saturated carbocycles. The number of hydrogen-bond acceptors (Lipinski definition) is 2. The topological polar surface area (TPSA) is 18.5 Å². The predicted molar refractivity (Wildman–Crippen MR) is 100 cm³/mol. The summed E-state index contributed by atoms with van der Waals surface area (Å²) >= 11 is 6.34. The maximum atomic E-state index is 6.34. The zero-order valence-electron chi connectivity index (χ0n) is 13.9. The van der Waals surface area contributed by atoms with E-state index < -0.39 is 0 Å². The lowest BCUT2D eigenvalue weighted by atomic mass is 9.94. The van der Waals surface area contributed by atoms with Crippen LogP contribution in [0, 0.1) is 0 Å². The third kappa shape index (κ3) is 4.62. The molecule has 2 rings (SSSR count). The Morgan fingerprint density at radius 3 is 2.48 bits per heavy atom. The normalized spacial score (nSPS) is 13.9. The fourth-order valence-corrected chi connectivity index (χ4v) is 3.89. The van der Waals surface area contributed by atoms with Crippen molar-refractivity contribution in [1.29, 1.82) is 0 Å². The lowest BCUT2D eigenvalue weighted by Crippen LogP contribution is -2.16. The standard InChI is InChI=1S/C19H24ClO2P/c1-4-12-19(2,23-20)17-13-16(21-3)10-11-18(17)22-14-15-8-6-5-7-9-15/h5-11,13,23H,4,12,14H2,1-3H3. The fourth-order valence-electron chi connectivity index (χ4n) is 2.66. The van der Waals surface area contributed by atoms with E-state index in [4.69, 9.17) is 20.7 Å². The minimum absolute atomic E-state index is 0.100. The first kappa shape index (κ1) is 18.1. The zero-order valence-corrected chi connectivity index (χ0v) is 15.7. The lowest BCUT2D eigenvalue weighted by Gasteiger charge is -2.29. The summed E-state index contributed by atoms with van der Waals surface area (Å²) in [5, 5.41) is -0.100. The van der Waals surface area contributed by atoms with Gasteiger partial charge in [-0.15, -0.1) is 0 Å². The summed E-state index contributed by atoms with van der Waals surface area (Å²) in [5.74, 6) is 1.73. The molecule has 2 nitrogen and oxygen atoms in total. The molecule has 2 aromatic rings. The summed E-state index contributed by atoms with van der Waals surface area (Å²) in [4.78, 5) is 0. The van der Waals surface area contributed by atoms with E-state index in [-0.39, 0.29) is 13.1 Å². The highest BCUT2D eigenvalue weighted by Crippen LogP contribution is 2.51. The van der Waals surface area contributed by atoms with Crippen molar-refractivity contribution in [2.75, 3.05) is 7.11 Å². The smallest absolute Gasteiger partial charge is 0.124 e. The Kier molecular flexibility index (Phi) is 6.74. The van der Waals surface area contributed by atoms with E-state index in [2.05, 4.69) is 32.0 Å². The molecule has 23 heavy (non-hydrogen) atoms. The molecule has 0 radical (unpaired) electrons. The van der Waals surface area contributed by atoms with Crippen LogP contribution in [0.25, 0.3) is 0 Å². The summed E-state index contributed by atoms with van der Waals surface area (Å²) in [7, 11) is 1.97. The zero-order chi connectivity index (χ0) is 16.7. The van der Waals surface area contributed by atoms with Gasteiger partial charge in [0.25, 0.3) is 0 Å². The first-order chi connectivity index (χ1) is 11.1. The number of rotatable bonds is 8. The van der Waals surface area contributed by atoms with Crippen LogP contribution in [-0.4, -0.2) is 7.11 Å². The van der Waals surface area contributed by atoms with Crippen LogP contribution in [0.1, 0.15) is 37.8 Å². The molecule has 0 heterocycles. The van der Waals surface area contributed by atoms with Gasteiger partial charge in [-0.3, -0.25) is 0 Å². The van der Waals surface area contributed by atoms with Crippen molar-refractivity contribution in [3.63, 3.8) is 0 Å². The molecule has 0 aliphatic heterocycles. The lowest BCUT2D eigenvalue weighted by molar-refractivity contribution is 0.298. The average Bonchev–Trinajstić information content (AvgIpc) is 2.60. The van der Waals surface area contributed by atoms with E-state index >= 15 is 0 Å². The molecule has 0 aliphatic rings. The summed E-state index contributed by atoms with van der Waals surface area (Å²) in [6, 6.07) is 16.2. The highest BCUT2D eigenvalue weighted by Gasteiger charge is 2.29. The predicted octanol–water partition coefficient (Wildman–Crippen LogP) is 6.12. The van der Waals surface area contributed by atoms with Crippen LogP contribution in [0.15, 0.2) is 48.5 Å². The van der Waals surface area contributed by atoms with Gasteiger partial charge < -0.3 is 9.47 Å². The molecule has 0 amide bonds. The number of hydrogen-bond donors (Lipinski definition) is 0. The quantitative estimate of drug-likeness (QED) is 0.534. The second-order valence-electron chi connectivity index (χ2n) is 5.81. The van der Waals surface area contributed by atoms with Gasteiger partial charge in [0.05, 0.1) is 7.11 Å². The molecule has 0 saturated heterocycles. The fraction of sp³-hybridized carbons (Fsp3) is 0.368. The van der Waals surface area contributed by atoms with E-state index in [1.807, 2.05) is 30.3 Å². The van der Waals surface area contributed by atoms with Crippen LogP contribution >= 0.6 is 19.2 Å². The Hall–Kier alpha value is -1.24. The van der Waals surface area contributed by atoms with Gasteiger partial charge in [0.1, 0.15) is 18.1 Å². The third-order valence-electron chi connectivity index (χ3n) is 3.98. The van der Waals surface area contributed by atoms with Gasteiger partial charge >= 0.3 is 0 Å². The van der Waals surface area contributed by atoms with E-state index in [9.17, 15) is 0 Å². The molecule has 4 heteroatoms. The maximum absolute atomic E-state index is 6.34. The molecule has 0 aromatic heterocycles. The second-order valence-corrected chi connectivity index (χ2v) is 7.67. The minimum Gasteiger partial charge on any atom is -0.497 e. The van der Waals surface area contributed by atoms with Crippen molar-refractivity contribution < 1.29 is 9.47 Å². The van der Waals surface area contributed by atoms with E-state index in [0.29, 0.717) is 6.61 Å². The number of benzene rings is 2. The summed E-state index contributed by atoms with van der Waals surface area (Å²) in [6.45, 7) is 4.93. The summed E-state index contributed by atoms with van der Waals surface area (Å²) in [6.07, 6.45) is 2.09. The maximum Gasteiger partial charge on any atom is 0.124 e. The van der Waals surface area contributed by atoms with Crippen LogP contribution in [-0.2, 0) is 11.8 Å². The van der Waals surface area contributed by atoms with Crippen molar-refractivity contribution in [3.8, 4) is 11.5 Å². The van der Waals surface area contributed by atoms with Crippen LogP contribution in [0.4, 0.5) is 0 Å². The molecule has 0 bridgehead atoms. The van der Waals surface area contributed by atoms with E-state index in [0.717, 1.165) is 35.5 Å². The molecule has 2 unspecified atom stereocenters. The van der Waals surface area contributed by atoms with E-state index in [1.165, 1.54) is 0 Å². The highest BCUT2D eigenvalue weighted by molar-refractivity contribution is 7.69. The molecule has 2 aromatic carbocycles. The molecule has 0 fully saturated rings. The van der Waals surface area contributed by atoms with E-state index in [1.54, 1.807) is 7.11 Å². The Labute approximate surface area is 145 Å². The van der Waals surface area contributed by atoms with Crippen molar-refractivity contribution in [3.05, 3.63) is 59.7 Å². The number of ether oxygens (including phenoxy) is 2. The largest absolute Gasteiger partial charge is 0.497 e. The van der Waals surface area contributed by atoms with Gasteiger partial charge in [-0.2, -0.15) is 0 Å². The van der Waals surface area contributed by atoms with Crippen LogP contribution in [0.2, 0.25) is 0 Å². The molecular formula is C19H24ClO2P. The molecule has 0 aliphatic carbocycles. The monoisotopic (exact) mass is 350 g/mol. The Morgan fingerprint density at radius 2 is 1.87 bits per heavy atom. The molecule has 2 atom stereocenters. The highest BCUT2D eigenvalue weighted by atomic mass is 35.7. The Balaban J connectivity index is 2.31. The van der Waals surface area contributed by atoms with Gasteiger partial charge in [0.2, 0.25) is 0 Å². The third-order valence-corrected chi connectivity index (χ3v) is 6.16. The summed E-state index contributed by atoms with van der Waals surface area (Å²) < 4.78 is 11.5. The van der Waals surface area contributed by atoms with Gasteiger partial charge in [0.15, 0.2) is 0 Å². The van der Waals surface area contributed by atoms with Crippen molar-refractivity contribution in [2.24, 2.45) is 0 Å². The van der Waals surface area contributed by atoms with Crippen molar-refractivity contribution >= 4 is 19.2 Å². The molecular weight excluding hydrogens is 327 g/mol. The second kappa shape index (κ2) is 8.57. The SMILES string of the molecule is CCCC(C)(PCl)c1cc(OC)ccc1OCc1ccccc1. The molecule has 124 valence electrons. The van der Waals surface area contributed by atoms with Crippen molar-refractivity contribution in [2.45, 2.75) is 38.5 Å². The molecule has 0 N–H and O–H groups in total. The van der Waals surface area contributed by atoms with Gasteiger partial charge in [-0.05, 0) is 38.1 Å². The van der Waals surface area contributed by atoms with Crippen molar-refractivity contribution in [1.82, 2.24) is 0 Å². The minimum atomic E-state index is -0.100. The Morgan fingerprint density at radius 1 is 1.13 bits per heavy atom. The average molecular weight is 351 g/mol. The van der Waals surface area contributed by atoms with Gasteiger partial charge in [-0.25, -0.2) is 0 Å². The van der Waals surface area contributed by atoms with Gasteiger partial charge in [0, 0.05) is 10.7 Å². The molecule has 0 spiro atoms. The van der Waals surface area contributed by atoms with Crippen LogP contribution in [0.5, 0.6) is 11.5 Å². The van der Waals surface area contributed by atoms with Crippen LogP contribution < -0.4 is 9.47 Å². The number of halogens is 1. The first-order valence-corrected chi connectivity index (χ1v) is 9.87. The van der Waals surface area contributed by atoms with Crippen LogP contribution in [0.3, 0.4) is 0 Å².